The minimum Gasteiger partial charge on any atom is -0.493 e. The van der Waals surface area contributed by atoms with E-state index in [0.717, 1.165) is 5.56 Å². The van der Waals surface area contributed by atoms with Gasteiger partial charge in [-0.15, -0.1) is 0 Å². The number of benzene rings is 2. The standard InChI is InChI=1S/C25H22N2O6/c1-30-21-8-6-17(11-23(21)31-2)20-10-18-5-7-19(12-22(18)33-25(20)29)32-15-24(28)27-14-16-4-3-9-26-13-16/h3-13H,14-15H2,1-2H3,(H,27,28). The van der Waals surface area contributed by atoms with E-state index in [1.807, 2.05) is 6.07 Å². The molecule has 0 unspecified atom stereocenters. The highest BCUT2D eigenvalue weighted by Crippen LogP contribution is 2.32. The topological polar surface area (TPSA) is 99.9 Å². The summed E-state index contributed by atoms with van der Waals surface area (Å²) in [6, 6.07) is 15.7. The molecule has 0 atom stereocenters. The van der Waals surface area contributed by atoms with E-state index in [-0.39, 0.29) is 12.5 Å². The average Bonchev–Trinajstić information content (AvgIpc) is 2.85. The zero-order valence-electron chi connectivity index (χ0n) is 18.2. The van der Waals surface area contributed by atoms with E-state index in [4.69, 9.17) is 18.6 Å². The summed E-state index contributed by atoms with van der Waals surface area (Å²) in [6.45, 7) is 0.196. The highest BCUT2D eigenvalue weighted by atomic mass is 16.5. The number of aromatic nitrogens is 1. The summed E-state index contributed by atoms with van der Waals surface area (Å²) in [6.07, 6.45) is 3.35. The van der Waals surface area contributed by atoms with Gasteiger partial charge in [0.2, 0.25) is 0 Å². The molecular weight excluding hydrogens is 424 g/mol. The molecule has 1 amide bonds. The van der Waals surface area contributed by atoms with Crippen LogP contribution in [0, 0.1) is 0 Å². The van der Waals surface area contributed by atoms with Crippen molar-refractivity contribution in [3.8, 4) is 28.4 Å². The molecule has 4 rings (SSSR count). The smallest absolute Gasteiger partial charge is 0.344 e. The number of fused-ring (bicyclic) bond motifs is 1. The molecule has 0 aliphatic rings. The number of carbonyl (C=O) groups is 1. The average molecular weight is 446 g/mol. The molecule has 0 aliphatic heterocycles. The van der Waals surface area contributed by atoms with E-state index in [1.54, 1.807) is 68.0 Å². The predicted octanol–water partition coefficient (Wildman–Crippen LogP) is 3.57. The molecule has 8 nitrogen and oxygen atoms in total. The highest BCUT2D eigenvalue weighted by molar-refractivity contribution is 5.83. The molecule has 2 aromatic heterocycles. The number of nitrogens with one attached hydrogen (secondary N) is 1. The number of amides is 1. The zero-order chi connectivity index (χ0) is 23.2. The number of nitrogens with zero attached hydrogens (tertiary/aromatic N) is 1. The molecule has 8 heteroatoms. The van der Waals surface area contributed by atoms with Crippen LogP contribution in [0.25, 0.3) is 22.1 Å². The quantitative estimate of drug-likeness (QED) is 0.413. The van der Waals surface area contributed by atoms with Gasteiger partial charge in [0, 0.05) is 30.4 Å². The minimum absolute atomic E-state index is 0.167. The summed E-state index contributed by atoms with van der Waals surface area (Å²) in [5.41, 5.74) is 1.79. The molecule has 168 valence electrons. The number of ether oxygens (including phenoxy) is 3. The fourth-order valence-electron chi connectivity index (χ4n) is 3.29. The first-order chi connectivity index (χ1) is 16.1. The Labute approximate surface area is 189 Å². The molecule has 1 N–H and O–H groups in total. The van der Waals surface area contributed by atoms with Gasteiger partial charge in [0.1, 0.15) is 11.3 Å². The Morgan fingerprint density at radius 1 is 1.03 bits per heavy atom. The third-order valence-electron chi connectivity index (χ3n) is 4.98. The molecule has 2 heterocycles. The second-order valence-corrected chi connectivity index (χ2v) is 7.14. The summed E-state index contributed by atoms with van der Waals surface area (Å²) in [4.78, 5) is 28.7. The van der Waals surface area contributed by atoms with E-state index in [1.165, 1.54) is 7.11 Å². The SMILES string of the molecule is COc1ccc(-c2cc3ccc(OCC(=O)NCc4cccnc4)cc3oc2=O)cc1OC. The largest absolute Gasteiger partial charge is 0.493 e. The molecule has 0 saturated carbocycles. The molecule has 0 aliphatic carbocycles. The monoisotopic (exact) mass is 446 g/mol. The van der Waals surface area contributed by atoms with Crippen molar-refractivity contribution in [1.29, 1.82) is 0 Å². The van der Waals surface area contributed by atoms with Crippen LogP contribution in [-0.2, 0) is 11.3 Å². The van der Waals surface area contributed by atoms with Crippen molar-refractivity contribution in [3.63, 3.8) is 0 Å². The Balaban J connectivity index is 1.47. The van der Waals surface area contributed by atoms with Crippen molar-refractivity contribution >= 4 is 16.9 Å². The number of hydrogen-bond donors (Lipinski definition) is 1. The van der Waals surface area contributed by atoms with Crippen LogP contribution in [0.15, 0.2) is 76.2 Å². The van der Waals surface area contributed by atoms with Gasteiger partial charge in [0.15, 0.2) is 18.1 Å². The van der Waals surface area contributed by atoms with Crippen LogP contribution in [0.1, 0.15) is 5.56 Å². The van der Waals surface area contributed by atoms with Crippen LogP contribution in [0.4, 0.5) is 0 Å². The van der Waals surface area contributed by atoms with Gasteiger partial charge in [0.05, 0.1) is 19.8 Å². The van der Waals surface area contributed by atoms with Crippen LogP contribution >= 0.6 is 0 Å². The lowest BCUT2D eigenvalue weighted by Gasteiger charge is -2.10. The zero-order valence-corrected chi connectivity index (χ0v) is 18.2. The molecule has 33 heavy (non-hydrogen) atoms. The van der Waals surface area contributed by atoms with Crippen molar-refractivity contribution < 1.29 is 23.4 Å². The molecule has 0 fully saturated rings. The Morgan fingerprint density at radius 2 is 1.88 bits per heavy atom. The van der Waals surface area contributed by atoms with Crippen LogP contribution in [0.2, 0.25) is 0 Å². The lowest BCUT2D eigenvalue weighted by atomic mass is 10.1. The molecule has 0 bridgehead atoms. The molecule has 0 radical (unpaired) electrons. The third-order valence-corrected chi connectivity index (χ3v) is 4.98. The Hall–Kier alpha value is -4.33. The van der Waals surface area contributed by atoms with Crippen LogP contribution in [0.5, 0.6) is 17.2 Å². The van der Waals surface area contributed by atoms with Gasteiger partial charge in [-0.1, -0.05) is 12.1 Å². The molecule has 2 aromatic carbocycles. The van der Waals surface area contributed by atoms with Gasteiger partial charge >= 0.3 is 5.63 Å². The number of hydrogen-bond acceptors (Lipinski definition) is 7. The lowest BCUT2D eigenvalue weighted by molar-refractivity contribution is -0.123. The summed E-state index contributed by atoms with van der Waals surface area (Å²) < 4.78 is 21.6. The van der Waals surface area contributed by atoms with Crippen molar-refractivity contribution in [2.45, 2.75) is 6.54 Å². The van der Waals surface area contributed by atoms with Crippen LogP contribution < -0.4 is 25.2 Å². The summed E-state index contributed by atoms with van der Waals surface area (Å²) in [7, 11) is 3.08. The number of rotatable bonds is 8. The molecular formula is C25H22N2O6. The van der Waals surface area contributed by atoms with Gasteiger partial charge in [-0.05, 0) is 47.5 Å². The maximum atomic E-state index is 12.6. The van der Waals surface area contributed by atoms with Gasteiger partial charge in [-0.3, -0.25) is 9.78 Å². The van der Waals surface area contributed by atoms with Crippen LogP contribution in [-0.4, -0.2) is 31.7 Å². The predicted molar refractivity (Wildman–Crippen MR) is 123 cm³/mol. The highest BCUT2D eigenvalue weighted by Gasteiger charge is 2.12. The molecule has 4 aromatic rings. The fourth-order valence-corrected chi connectivity index (χ4v) is 3.29. The van der Waals surface area contributed by atoms with E-state index >= 15 is 0 Å². The number of pyridine rings is 1. The molecule has 0 saturated heterocycles. The van der Waals surface area contributed by atoms with Crippen molar-refractivity contribution in [2.75, 3.05) is 20.8 Å². The fraction of sp³-hybridized carbons (Fsp3) is 0.160. The van der Waals surface area contributed by atoms with E-state index < -0.39 is 5.63 Å². The number of methoxy groups -OCH3 is 2. The van der Waals surface area contributed by atoms with Gasteiger partial charge < -0.3 is 23.9 Å². The maximum absolute atomic E-state index is 12.6. The van der Waals surface area contributed by atoms with Crippen molar-refractivity contribution in [2.24, 2.45) is 0 Å². The van der Waals surface area contributed by atoms with Crippen molar-refractivity contribution in [1.82, 2.24) is 10.3 Å². The second kappa shape index (κ2) is 9.86. The summed E-state index contributed by atoms with van der Waals surface area (Å²) >= 11 is 0. The van der Waals surface area contributed by atoms with Gasteiger partial charge in [0.25, 0.3) is 5.91 Å². The second-order valence-electron chi connectivity index (χ2n) is 7.14. The summed E-state index contributed by atoms with van der Waals surface area (Å²) in [5, 5.41) is 3.48. The van der Waals surface area contributed by atoms with Crippen molar-refractivity contribution in [3.05, 3.63) is 83.0 Å². The summed E-state index contributed by atoms with van der Waals surface area (Å²) in [5.74, 6) is 1.22. The van der Waals surface area contributed by atoms with Gasteiger partial charge in [-0.25, -0.2) is 4.79 Å². The minimum atomic E-state index is -0.499. The Morgan fingerprint density at radius 3 is 2.64 bits per heavy atom. The van der Waals surface area contributed by atoms with E-state index in [2.05, 4.69) is 10.3 Å². The Kier molecular flexibility index (Phi) is 6.54. The van der Waals surface area contributed by atoms with E-state index in [9.17, 15) is 9.59 Å². The lowest BCUT2D eigenvalue weighted by Crippen LogP contribution is -2.28. The number of carbonyl (C=O) groups excluding carboxylic acids is 1. The third kappa shape index (κ3) is 5.12. The Bertz CT molecular complexity index is 1330. The van der Waals surface area contributed by atoms with Crippen LogP contribution in [0.3, 0.4) is 0 Å². The van der Waals surface area contributed by atoms with E-state index in [0.29, 0.717) is 45.9 Å². The maximum Gasteiger partial charge on any atom is 0.344 e. The first-order valence-corrected chi connectivity index (χ1v) is 10.2. The first-order valence-electron chi connectivity index (χ1n) is 10.2. The van der Waals surface area contributed by atoms with Gasteiger partial charge in [-0.2, -0.15) is 0 Å². The first kappa shape index (κ1) is 21.9. The normalized spacial score (nSPS) is 10.6. The molecule has 0 spiro atoms.